The molecule has 1 rings (SSSR count). The molecule has 3 N–H and O–H groups in total. The van der Waals surface area contributed by atoms with Crippen LogP contribution in [0.1, 0.15) is 26.5 Å². The van der Waals surface area contributed by atoms with Crippen LogP contribution in [0.3, 0.4) is 0 Å². The highest BCUT2D eigenvalue weighted by molar-refractivity contribution is 5.76. The molecule has 7 heteroatoms. The number of aromatic amines is 1. The van der Waals surface area contributed by atoms with Gasteiger partial charge in [0.05, 0.1) is 12.9 Å². The minimum Gasteiger partial charge on any atom is -0.480 e. The number of carboxylic acids is 1. The zero-order valence-electron chi connectivity index (χ0n) is 11.3. The van der Waals surface area contributed by atoms with Gasteiger partial charge in [-0.25, -0.2) is 4.98 Å². The number of nitrogens with zero attached hydrogens (tertiary/aromatic N) is 1. The molecule has 1 aromatic heterocycles. The molecular formula is C12H19N3O4. The van der Waals surface area contributed by atoms with Crippen LogP contribution in [0.25, 0.3) is 0 Å². The number of nitrogens with one attached hydrogen (secondary N) is 2. The van der Waals surface area contributed by atoms with Gasteiger partial charge in [0.1, 0.15) is 11.6 Å². The number of carbonyl (C=O) groups excluding carboxylic acids is 1. The molecule has 7 nitrogen and oxygen atoms in total. The van der Waals surface area contributed by atoms with Gasteiger partial charge < -0.3 is 14.8 Å². The maximum Gasteiger partial charge on any atom is 0.321 e. The third-order valence-electron chi connectivity index (χ3n) is 2.19. The first-order chi connectivity index (χ1) is 8.78. The van der Waals surface area contributed by atoms with Crippen molar-refractivity contribution in [1.29, 1.82) is 0 Å². The second-order valence-electron chi connectivity index (χ2n) is 5.14. The van der Waals surface area contributed by atoms with Crippen LogP contribution in [0.15, 0.2) is 12.5 Å². The van der Waals surface area contributed by atoms with E-state index in [1.807, 2.05) is 0 Å². The Bertz CT molecular complexity index is 423. The van der Waals surface area contributed by atoms with Crippen LogP contribution in [0.2, 0.25) is 0 Å². The first kappa shape index (κ1) is 15.2. The monoisotopic (exact) mass is 269 g/mol. The van der Waals surface area contributed by atoms with Crippen LogP contribution in [0, 0.1) is 0 Å². The Morgan fingerprint density at radius 3 is 2.68 bits per heavy atom. The highest BCUT2D eigenvalue weighted by atomic mass is 16.6. The van der Waals surface area contributed by atoms with Gasteiger partial charge in [0.15, 0.2) is 0 Å². The number of hydrogen-bond donors (Lipinski definition) is 3. The Morgan fingerprint density at radius 1 is 1.53 bits per heavy atom. The van der Waals surface area contributed by atoms with Gasteiger partial charge in [-0.3, -0.25) is 14.9 Å². The van der Waals surface area contributed by atoms with E-state index < -0.39 is 23.6 Å². The zero-order chi connectivity index (χ0) is 14.5. The summed E-state index contributed by atoms with van der Waals surface area (Å²) in [5.74, 6) is -1.51. The lowest BCUT2D eigenvalue weighted by Gasteiger charge is -2.20. The maximum absolute atomic E-state index is 11.5. The van der Waals surface area contributed by atoms with Gasteiger partial charge in [0.2, 0.25) is 0 Å². The van der Waals surface area contributed by atoms with Crippen LogP contribution < -0.4 is 5.32 Å². The predicted molar refractivity (Wildman–Crippen MR) is 67.6 cm³/mol. The van der Waals surface area contributed by atoms with Crippen molar-refractivity contribution in [2.24, 2.45) is 0 Å². The fourth-order valence-corrected chi connectivity index (χ4v) is 1.45. The lowest BCUT2D eigenvalue weighted by atomic mass is 10.1. The number of imidazole rings is 1. The SMILES string of the molecule is CC(C)(C)OC(=O)CN[C@@H](Cc1cnc[nH]1)C(=O)O. The first-order valence-electron chi connectivity index (χ1n) is 5.93. The summed E-state index contributed by atoms with van der Waals surface area (Å²) in [6, 6.07) is -0.868. The summed E-state index contributed by atoms with van der Waals surface area (Å²) in [5.41, 5.74) is 0.102. The Balaban J connectivity index is 2.46. The normalized spacial score (nSPS) is 13.0. The van der Waals surface area contributed by atoms with Crippen molar-refractivity contribution in [1.82, 2.24) is 15.3 Å². The van der Waals surface area contributed by atoms with Crippen molar-refractivity contribution in [2.75, 3.05) is 6.54 Å². The van der Waals surface area contributed by atoms with E-state index in [4.69, 9.17) is 9.84 Å². The third kappa shape index (κ3) is 6.01. The highest BCUT2D eigenvalue weighted by Gasteiger charge is 2.21. The van der Waals surface area contributed by atoms with Crippen molar-refractivity contribution < 1.29 is 19.4 Å². The van der Waals surface area contributed by atoms with Crippen molar-refractivity contribution in [3.8, 4) is 0 Å². The quantitative estimate of drug-likeness (QED) is 0.643. The van der Waals surface area contributed by atoms with Crippen LogP contribution >= 0.6 is 0 Å². The van der Waals surface area contributed by atoms with Crippen LogP contribution in [0.5, 0.6) is 0 Å². The molecule has 1 atom stereocenters. The number of carboxylic acid groups (broad SMARTS) is 1. The van der Waals surface area contributed by atoms with E-state index in [2.05, 4.69) is 15.3 Å². The average Bonchev–Trinajstić information content (AvgIpc) is 2.73. The Labute approximate surface area is 111 Å². The Kier molecular flexibility index (Phi) is 5.05. The summed E-state index contributed by atoms with van der Waals surface area (Å²) in [4.78, 5) is 29.2. The van der Waals surface area contributed by atoms with Crippen LogP contribution in [-0.4, -0.2) is 45.2 Å². The van der Waals surface area contributed by atoms with E-state index >= 15 is 0 Å². The summed E-state index contributed by atoms with van der Waals surface area (Å²) in [6.07, 6.45) is 3.24. The third-order valence-corrected chi connectivity index (χ3v) is 2.19. The summed E-state index contributed by atoms with van der Waals surface area (Å²) < 4.78 is 5.09. The minimum absolute atomic E-state index is 0.150. The summed E-state index contributed by atoms with van der Waals surface area (Å²) in [6.45, 7) is 5.11. The summed E-state index contributed by atoms with van der Waals surface area (Å²) >= 11 is 0. The number of H-pyrrole nitrogens is 1. The van der Waals surface area contributed by atoms with E-state index in [1.54, 1.807) is 27.0 Å². The second kappa shape index (κ2) is 6.33. The molecule has 1 heterocycles. The molecule has 0 radical (unpaired) electrons. The molecule has 0 amide bonds. The minimum atomic E-state index is -1.03. The number of rotatable bonds is 6. The Morgan fingerprint density at radius 2 is 2.21 bits per heavy atom. The average molecular weight is 269 g/mol. The molecule has 0 bridgehead atoms. The molecule has 0 spiro atoms. The fraction of sp³-hybridized carbons (Fsp3) is 0.583. The molecule has 0 aliphatic carbocycles. The van der Waals surface area contributed by atoms with Gasteiger partial charge in [-0.1, -0.05) is 0 Å². The molecule has 0 aromatic carbocycles. The maximum atomic E-state index is 11.5. The van der Waals surface area contributed by atoms with E-state index in [0.717, 1.165) is 0 Å². The van der Waals surface area contributed by atoms with Crippen LogP contribution in [0.4, 0.5) is 0 Å². The molecule has 0 aliphatic heterocycles. The van der Waals surface area contributed by atoms with Gasteiger partial charge >= 0.3 is 11.9 Å². The topological polar surface area (TPSA) is 104 Å². The highest BCUT2D eigenvalue weighted by Crippen LogP contribution is 2.06. The number of aromatic nitrogens is 2. The zero-order valence-corrected chi connectivity index (χ0v) is 11.3. The molecule has 0 saturated heterocycles. The fourth-order valence-electron chi connectivity index (χ4n) is 1.45. The number of hydrogen-bond acceptors (Lipinski definition) is 5. The van der Waals surface area contributed by atoms with Crippen molar-refractivity contribution in [2.45, 2.75) is 38.8 Å². The summed E-state index contributed by atoms with van der Waals surface area (Å²) in [7, 11) is 0. The number of ether oxygens (including phenoxy) is 1. The lowest BCUT2D eigenvalue weighted by Crippen LogP contribution is -2.42. The van der Waals surface area contributed by atoms with Crippen molar-refractivity contribution in [3.05, 3.63) is 18.2 Å². The first-order valence-corrected chi connectivity index (χ1v) is 5.93. The molecule has 0 fully saturated rings. The summed E-state index contributed by atoms with van der Waals surface area (Å²) in [5, 5.41) is 11.7. The molecule has 0 saturated carbocycles. The van der Waals surface area contributed by atoms with Gasteiger partial charge in [-0.2, -0.15) is 0 Å². The largest absolute Gasteiger partial charge is 0.480 e. The number of aliphatic carboxylic acids is 1. The molecule has 0 aliphatic rings. The molecule has 1 aromatic rings. The molecule has 0 unspecified atom stereocenters. The van der Waals surface area contributed by atoms with E-state index in [1.165, 1.54) is 6.33 Å². The Hall–Kier alpha value is -1.89. The van der Waals surface area contributed by atoms with E-state index in [0.29, 0.717) is 5.69 Å². The lowest BCUT2D eigenvalue weighted by molar-refractivity contribution is -0.154. The smallest absolute Gasteiger partial charge is 0.321 e. The van der Waals surface area contributed by atoms with E-state index in [-0.39, 0.29) is 13.0 Å². The predicted octanol–water partition coefficient (Wildman–Crippen LogP) is 0.337. The van der Waals surface area contributed by atoms with Crippen LogP contribution in [-0.2, 0) is 20.7 Å². The van der Waals surface area contributed by atoms with Gasteiger partial charge in [-0.15, -0.1) is 0 Å². The van der Waals surface area contributed by atoms with Gasteiger partial charge in [0.25, 0.3) is 0 Å². The van der Waals surface area contributed by atoms with Crippen molar-refractivity contribution >= 4 is 11.9 Å². The number of carbonyl (C=O) groups is 2. The molecule has 106 valence electrons. The molecular weight excluding hydrogens is 250 g/mol. The van der Waals surface area contributed by atoms with Gasteiger partial charge in [-0.05, 0) is 20.8 Å². The number of esters is 1. The molecule has 19 heavy (non-hydrogen) atoms. The standard InChI is InChI=1S/C12H19N3O4/c1-12(2,3)19-10(16)6-14-9(11(17)18)4-8-5-13-7-15-8/h5,7,9,14H,4,6H2,1-3H3,(H,13,15)(H,17,18)/t9-/m0/s1. The van der Waals surface area contributed by atoms with Crippen molar-refractivity contribution in [3.63, 3.8) is 0 Å². The second-order valence-corrected chi connectivity index (χ2v) is 5.14. The van der Waals surface area contributed by atoms with E-state index in [9.17, 15) is 9.59 Å². The van der Waals surface area contributed by atoms with Gasteiger partial charge in [0, 0.05) is 18.3 Å².